The molecule has 2 aliphatic rings. The lowest BCUT2D eigenvalue weighted by molar-refractivity contribution is 0.131. The number of nitrogens with zero attached hydrogens (tertiary/aromatic N) is 5. The minimum absolute atomic E-state index is 0.0513. The van der Waals surface area contributed by atoms with Crippen LogP contribution in [0, 0.1) is 25.2 Å². The van der Waals surface area contributed by atoms with Gasteiger partial charge < -0.3 is 4.57 Å². The predicted octanol–water partition coefficient (Wildman–Crippen LogP) is 4.94. The van der Waals surface area contributed by atoms with Gasteiger partial charge in [-0.3, -0.25) is 18.8 Å². The van der Waals surface area contributed by atoms with Crippen LogP contribution in [0.1, 0.15) is 70.9 Å². The average Bonchev–Trinajstić information content (AvgIpc) is 2.84. The van der Waals surface area contributed by atoms with Crippen LogP contribution in [0.25, 0.3) is 22.6 Å². The van der Waals surface area contributed by atoms with E-state index in [1.54, 1.807) is 4.67 Å². The Morgan fingerprint density at radius 2 is 1.64 bits per heavy atom. The summed E-state index contributed by atoms with van der Waals surface area (Å²) in [5.74, 6) is 0.278. The van der Waals surface area contributed by atoms with E-state index in [9.17, 15) is 14.2 Å². The Morgan fingerprint density at radius 3 is 2.31 bits per heavy atom. The fourth-order valence-corrected chi connectivity index (χ4v) is 6.88. The normalized spacial score (nSPS) is 13.5. The van der Waals surface area contributed by atoms with Crippen LogP contribution in [0.15, 0.2) is 21.7 Å². The second-order valence-electron chi connectivity index (χ2n) is 10.3. The summed E-state index contributed by atoms with van der Waals surface area (Å²) in [5.41, 5.74) is 2.55. The zero-order valence-electron chi connectivity index (χ0n) is 23.7. The summed E-state index contributed by atoms with van der Waals surface area (Å²) in [6.45, 7) is 12.6. The van der Waals surface area contributed by atoms with Crippen molar-refractivity contribution in [3.05, 3.63) is 44.1 Å². The highest BCUT2D eigenvalue weighted by Crippen LogP contribution is 2.54. The molecule has 212 valence electrons. The Morgan fingerprint density at radius 1 is 1.00 bits per heavy atom. The second-order valence-corrected chi connectivity index (χ2v) is 12.2. The number of rotatable bonds is 14. The zero-order chi connectivity index (χ0) is 28.7. The Hall–Kier alpha value is -2.90. The summed E-state index contributed by atoms with van der Waals surface area (Å²) in [5, 5.41) is 8.85. The zero-order valence-corrected chi connectivity index (χ0v) is 24.6. The minimum atomic E-state index is -3.55. The summed E-state index contributed by atoms with van der Waals surface area (Å²) in [7, 11) is -3.55. The molecule has 1 atom stereocenters. The van der Waals surface area contributed by atoms with Crippen LogP contribution in [0.3, 0.4) is 0 Å². The van der Waals surface area contributed by atoms with Gasteiger partial charge in [0, 0.05) is 18.6 Å². The fraction of sp³-hybridized carbons (Fsp3) is 0.593. The van der Waals surface area contributed by atoms with Crippen molar-refractivity contribution in [2.24, 2.45) is 0 Å². The number of hydrogen-bond acceptors (Lipinski definition) is 8. The highest BCUT2D eigenvalue weighted by atomic mass is 31.2. The largest absolute Gasteiger partial charge is 0.408 e. The predicted molar refractivity (Wildman–Crippen MR) is 151 cm³/mol. The van der Waals surface area contributed by atoms with Gasteiger partial charge in [0.25, 0.3) is 5.56 Å². The van der Waals surface area contributed by atoms with E-state index in [2.05, 4.69) is 15.0 Å². The Bertz CT molecular complexity index is 1450. The van der Waals surface area contributed by atoms with Crippen LogP contribution < -0.4 is 11.2 Å². The van der Waals surface area contributed by atoms with E-state index in [-0.39, 0.29) is 43.2 Å². The number of fused-ring (bicyclic) bond motifs is 2. The molecule has 12 heteroatoms. The van der Waals surface area contributed by atoms with Crippen molar-refractivity contribution >= 4 is 18.8 Å². The molecule has 0 aliphatic carbocycles. The standard InChI is InChI=1S/C27H39N6O5P/c1-18(2)33(19(3)4)39(36,38-15-11-12-28)37-14-10-8-7-9-13-32-23-17-21(6)20(5)16-22(23)29-24-25(32)30-27(35)31-26(24)34/h16-19H,7-11,13-15H2,1-6H3,(H,31,34,35). The number of H-pyrrole nitrogens is 1. The van der Waals surface area contributed by atoms with Gasteiger partial charge in [0.05, 0.1) is 36.7 Å². The van der Waals surface area contributed by atoms with Crippen molar-refractivity contribution in [1.82, 2.24) is 24.2 Å². The van der Waals surface area contributed by atoms with Gasteiger partial charge in [-0.05, 0) is 77.6 Å². The van der Waals surface area contributed by atoms with E-state index >= 15 is 0 Å². The number of unbranched alkanes of at least 4 members (excludes halogenated alkanes) is 3. The molecule has 2 aliphatic heterocycles. The van der Waals surface area contributed by atoms with Crippen molar-refractivity contribution in [2.75, 3.05) is 13.2 Å². The summed E-state index contributed by atoms with van der Waals surface area (Å²) >= 11 is 0. The van der Waals surface area contributed by atoms with E-state index in [0.717, 1.165) is 35.9 Å². The maximum Gasteiger partial charge on any atom is 0.408 e. The van der Waals surface area contributed by atoms with Crippen LogP contribution in [0.2, 0.25) is 0 Å². The second kappa shape index (κ2) is 13.4. The van der Waals surface area contributed by atoms with Gasteiger partial charge in [-0.25, -0.2) is 19.0 Å². The SMILES string of the molecule is Cc1cc2nc3c(=O)[nH]c(=O)nc-3n(CCCCCCOP(=O)(OCCC#N)N(C(C)C)C(C)C)c2cc1C. The van der Waals surface area contributed by atoms with Crippen LogP contribution >= 0.6 is 7.75 Å². The summed E-state index contributed by atoms with van der Waals surface area (Å²) in [6.07, 6.45) is 3.26. The third-order valence-corrected chi connectivity index (χ3v) is 9.07. The van der Waals surface area contributed by atoms with E-state index in [1.807, 2.05) is 64.3 Å². The molecule has 0 aromatic heterocycles. The molecule has 0 saturated carbocycles. The van der Waals surface area contributed by atoms with Crippen molar-refractivity contribution in [1.29, 1.82) is 5.26 Å². The van der Waals surface area contributed by atoms with Gasteiger partial charge in [-0.1, -0.05) is 12.8 Å². The first kappa shape index (κ1) is 30.6. The molecule has 0 fully saturated rings. The molecular weight excluding hydrogens is 519 g/mol. The van der Waals surface area contributed by atoms with Crippen molar-refractivity contribution in [2.45, 2.75) is 92.3 Å². The highest BCUT2D eigenvalue weighted by molar-refractivity contribution is 7.51. The third-order valence-electron chi connectivity index (χ3n) is 6.56. The van der Waals surface area contributed by atoms with E-state index in [1.165, 1.54) is 0 Å². The monoisotopic (exact) mass is 558 g/mol. The highest BCUT2D eigenvalue weighted by Gasteiger charge is 2.37. The summed E-state index contributed by atoms with van der Waals surface area (Å²) in [4.78, 5) is 35.2. The quantitative estimate of drug-likeness (QED) is 0.165. The summed E-state index contributed by atoms with van der Waals surface area (Å²) < 4.78 is 28.7. The van der Waals surface area contributed by atoms with Crippen molar-refractivity contribution in [3.8, 4) is 17.6 Å². The first-order valence-corrected chi connectivity index (χ1v) is 14.9. The third kappa shape index (κ3) is 7.40. The van der Waals surface area contributed by atoms with E-state index in [0.29, 0.717) is 18.5 Å². The number of benzene rings is 1. The average molecular weight is 559 g/mol. The van der Waals surface area contributed by atoms with Gasteiger partial charge in [0.15, 0.2) is 11.5 Å². The first-order chi connectivity index (χ1) is 18.5. The lowest BCUT2D eigenvalue weighted by Gasteiger charge is -2.35. The van der Waals surface area contributed by atoms with Gasteiger partial charge in [0.2, 0.25) is 0 Å². The van der Waals surface area contributed by atoms with E-state index in [4.69, 9.17) is 14.3 Å². The molecule has 1 N–H and O–H groups in total. The number of aromatic nitrogens is 4. The van der Waals surface area contributed by atoms with E-state index < -0.39 is 19.0 Å². The number of aromatic amines is 1. The Labute approximate surface area is 229 Å². The van der Waals surface area contributed by atoms with Crippen LogP contribution in [0.4, 0.5) is 0 Å². The molecule has 0 radical (unpaired) electrons. The molecular formula is C27H39N6O5P. The van der Waals surface area contributed by atoms with Gasteiger partial charge in [-0.15, -0.1) is 0 Å². The number of aryl methyl sites for hydroxylation is 3. The minimum Gasteiger partial charge on any atom is -0.322 e. The number of nitrogens with one attached hydrogen (secondary N) is 1. The molecule has 0 saturated heterocycles. The summed E-state index contributed by atoms with van der Waals surface area (Å²) in [6, 6.07) is 5.86. The Balaban J connectivity index is 1.67. The van der Waals surface area contributed by atoms with Crippen molar-refractivity contribution < 1.29 is 13.6 Å². The molecule has 0 spiro atoms. The molecule has 39 heavy (non-hydrogen) atoms. The van der Waals surface area contributed by atoms with Gasteiger partial charge in [0.1, 0.15) is 0 Å². The lowest BCUT2D eigenvalue weighted by Crippen LogP contribution is -2.35. The molecule has 1 aromatic carbocycles. The molecule has 0 bridgehead atoms. The lowest BCUT2D eigenvalue weighted by atomic mass is 10.1. The fourth-order valence-electron chi connectivity index (χ4n) is 4.72. The molecule has 2 heterocycles. The van der Waals surface area contributed by atoms with Gasteiger partial charge in [-0.2, -0.15) is 10.2 Å². The molecule has 11 nitrogen and oxygen atoms in total. The van der Waals surface area contributed by atoms with Crippen LogP contribution in [-0.2, 0) is 20.2 Å². The topological polar surface area (TPSA) is 143 Å². The van der Waals surface area contributed by atoms with Crippen LogP contribution in [0.5, 0.6) is 0 Å². The number of nitriles is 1. The molecule has 1 unspecified atom stereocenters. The molecule has 3 rings (SSSR count). The maximum absolute atomic E-state index is 13.6. The van der Waals surface area contributed by atoms with Crippen LogP contribution in [-0.4, -0.2) is 49.5 Å². The molecule has 0 amide bonds. The van der Waals surface area contributed by atoms with Gasteiger partial charge >= 0.3 is 13.4 Å². The molecule has 1 aromatic rings. The maximum atomic E-state index is 13.6. The number of hydrogen-bond donors (Lipinski definition) is 1. The Kier molecular flexibility index (Phi) is 10.6. The first-order valence-electron chi connectivity index (χ1n) is 13.4. The van der Waals surface area contributed by atoms with Crippen molar-refractivity contribution in [3.63, 3.8) is 0 Å². The smallest absolute Gasteiger partial charge is 0.322 e.